The van der Waals surface area contributed by atoms with Gasteiger partial charge in [0.25, 0.3) is 0 Å². The van der Waals surface area contributed by atoms with Gasteiger partial charge in [0.05, 0.1) is 6.07 Å². The fraction of sp³-hybridized carbons (Fsp3) is 0.250. The Balaban J connectivity index is 4.17. The fourth-order valence-corrected chi connectivity index (χ4v) is 0.498. The van der Waals surface area contributed by atoms with E-state index in [0.717, 1.165) is 0 Å². The van der Waals surface area contributed by atoms with Crippen molar-refractivity contribution < 1.29 is 9.90 Å². The standard InChI is InChI=1S/C8H9NO2/c1-6(4-3-5-9)7(2)8(10)11/h3-4,6H,2H2,1H3,(H,10,11). The molecule has 0 saturated carbocycles. The smallest absolute Gasteiger partial charge is 0.331 e. The van der Waals surface area contributed by atoms with Crippen LogP contribution in [-0.4, -0.2) is 11.1 Å². The molecule has 0 aliphatic carbocycles. The normalized spacial score (nSPS) is 12.4. The summed E-state index contributed by atoms with van der Waals surface area (Å²) in [6.45, 7) is 5.02. The number of rotatable bonds is 3. The summed E-state index contributed by atoms with van der Waals surface area (Å²) in [5.41, 5.74) is 0.0940. The molecule has 0 aliphatic rings. The van der Waals surface area contributed by atoms with Crippen LogP contribution in [0.2, 0.25) is 0 Å². The highest BCUT2D eigenvalue weighted by atomic mass is 16.4. The molecule has 1 N–H and O–H groups in total. The van der Waals surface area contributed by atoms with Gasteiger partial charge >= 0.3 is 5.97 Å². The molecular weight excluding hydrogens is 142 g/mol. The summed E-state index contributed by atoms with van der Waals surface area (Å²) < 4.78 is 0. The third-order valence-electron chi connectivity index (χ3n) is 1.28. The van der Waals surface area contributed by atoms with Gasteiger partial charge in [0, 0.05) is 17.6 Å². The van der Waals surface area contributed by atoms with Gasteiger partial charge in [0.2, 0.25) is 0 Å². The van der Waals surface area contributed by atoms with Crippen LogP contribution in [0.4, 0.5) is 0 Å². The first kappa shape index (κ1) is 9.44. The average molecular weight is 151 g/mol. The third kappa shape index (κ3) is 3.21. The molecule has 0 aromatic heterocycles. The van der Waals surface area contributed by atoms with E-state index in [-0.39, 0.29) is 11.5 Å². The Morgan fingerprint density at radius 3 is 2.73 bits per heavy atom. The number of nitrogens with zero attached hydrogens (tertiary/aromatic N) is 1. The SMILES string of the molecule is C=C(C(=O)O)C(C)C=CC#N. The highest BCUT2D eigenvalue weighted by Gasteiger charge is 2.09. The Labute approximate surface area is 65.3 Å². The van der Waals surface area contributed by atoms with E-state index in [4.69, 9.17) is 10.4 Å². The molecule has 3 heteroatoms. The van der Waals surface area contributed by atoms with Gasteiger partial charge in [-0.25, -0.2) is 4.79 Å². The first-order chi connectivity index (χ1) is 5.09. The van der Waals surface area contributed by atoms with Crippen LogP contribution >= 0.6 is 0 Å². The molecule has 58 valence electrons. The predicted octanol–water partition coefficient (Wildman–Crippen LogP) is 1.34. The summed E-state index contributed by atoms with van der Waals surface area (Å²) in [4.78, 5) is 10.3. The molecule has 0 bridgehead atoms. The molecular formula is C8H9NO2. The quantitative estimate of drug-likeness (QED) is 0.489. The molecule has 0 aromatic rings. The molecule has 0 fully saturated rings. The van der Waals surface area contributed by atoms with Gasteiger partial charge in [0.15, 0.2) is 0 Å². The van der Waals surface area contributed by atoms with Crippen LogP contribution in [0.3, 0.4) is 0 Å². The monoisotopic (exact) mass is 151 g/mol. The van der Waals surface area contributed by atoms with Crippen LogP contribution in [-0.2, 0) is 4.79 Å². The molecule has 1 atom stereocenters. The van der Waals surface area contributed by atoms with Gasteiger partial charge in [-0.2, -0.15) is 5.26 Å². The number of allylic oxidation sites excluding steroid dienone is 2. The maximum absolute atomic E-state index is 10.3. The molecule has 0 radical (unpaired) electrons. The van der Waals surface area contributed by atoms with Crippen molar-refractivity contribution >= 4 is 5.97 Å². The minimum Gasteiger partial charge on any atom is -0.478 e. The third-order valence-corrected chi connectivity index (χ3v) is 1.28. The summed E-state index contributed by atoms with van der Waals surface area (Å²) in [5.74, 6) is -1.31. The zero-order chi connectivity index (χ0) is 8.85. The van der Waals surface area contributed by atoms with E-state index in [9.17, 15) is 4.79 Å². The van der Waals surface area contributed by atoms with Gasteiger partial charge in [-0.15, -0.1) is 0 Å². The second-order valence-electron chi connectivity index (χ2n) is 2.11. The van der Waals surface area contributed by atoms with Crippen LogP contribution < -0.4 is 0 Å². The molecule has 0 aromatic carbocycles. The van der Waals surface area contributed by atoms with Crippen molar-refractivity contribution in [1.82, 2.24) is 0 Å². The Morgan fingerprint density at radius 1 is 1.82 bits per heavy atom. The maximum atomic E-state index is 10.3. The fourth-order valence-electron chi connectivity index (χ4n) is 0.498. The van der Waals surface area contributed by atoms with Crippen molar-refractivity contribution in [3.63, 3.8) is 0 Å². The molecule has 0 amide bonds. The Morgan fingerprint density at radius 2 is 2.36 bits per heavy atom. The number of nitriles is 1. The summed E-state index contributed by atoms with van der Waals surface area (Å²) in [6, 6.07) is 1.78. The predicted molar refractivity (Wildman–Crippen MR) is 40.7 cm³/mol. The number of hydrogen-bond donors (Lipinski definition) is 1. The lowest BCUT2D eigenvalue weighted by Gasteiger charge is -2.02. The van der Waals surface area contributed by atoms with E-state index in [1.54, 1.807) is 13.0 Å². The van der Waals surface area contributed by atoms with Crippen molar-refractivity contribution in [2.45, 2.75) is 6.92 Å². The van der Waals surface area contributed by atoms with E-state index in [1.165, 1.54) is 12.2 Å². The zero-order valence-electron chi connectivity index (χ0n) is 6.24. The van der Waals surface area contributed by atoms with Crippen LogP contribution in [0.25, 0.3) is 0 Å². The molecule has 0 rings (SSSR count). The van der Waals surface area contributed by atoms with E-state index in [0.29, 0.717) is 0 Å². The lowest BCUT2D eigenvalue weighted by molar-refractivity contribution is -0.133. The van der Waals surface area contributed by atoms with Crippen LogP contribution in [0.15, 0.2) is 24.3 Å². The average Bonchev–Trinajstić information content (AvgIpc) is 1.98. The van der Waals surface area contributed by atoms with Crippen molar-refractivity contribution in [3.05, 3.63) is 24.3 Å². The highest BCUT2D eigenvalue weighted by Crippen LogP contribution is 2.08. The summed E-state index contributed by atoms with van der Waals surface area (Å²) in [7, 11) is 0. The van der Waals surface area contributed by atoms with Crippen LogP contribution in [0.5, 0.6) is 0 Å². The second kappa shape index (κ2) is 4.29. The van der Waals surface area contributed by atoms with Crippen LogP contribution in [0, 0.1) is 17.2 Å². The Bertz CT molecular complexity index is 235. The summed E-state index contributed by atoms with van der Waals surface area (Å²) in [6.07, 6.45) is 2.75. The first-order valence-electron chi connectivity index (χ1n) is 3.08. The van der Waals surface area contributed by atoms with Gasteiger partial charge in [0.1, 0.15) is 0 Å². The molecule has 0 saturated heterocycles. The Hall–Kier alpha value is -1.56. The molecule has 0 heterocycles. The van der Waals surface area contributed by atoms with Crippen molar-refractivity contribution in [3.8, 4) is 6.07 Å². The number of carbonyl (C=O) groups is 1. The van der Waals surface area contributed by atoms with Gasteiger partial charge < -0.3 is 5.11 Å². The first-order valence-corrected chi connectivity index (χ1v) is 3.08. The maximum Gasteiger partial charge on any atom is 0.331 e. The topological polar surface area (TPSA) is 61.1 Å². The largest absolute Gasteiger partial charge is 0.478 e. The molecule has 0 aliphatic heterocycles. The lowest BCUT2D eigenvalue weighted by atomic mass is 10.0. The summed E-state index contributed by atoms with van der Waals surface area (Å²) in [5, 5.41) is 16.6. The molecule has 11 heavy (non-hydrogen) atoms. The number of carboxylic acids is 1. The van der Waals surface area contributed by atoms with Gasteiger partial charge in [-0.1, -0.05) is 19.6 Å². The van der Waals surface area contributed by atoms with Crippen molar-refractivity contribution in [2.75, 3.05) is 0 Å². The van der Waals surface area contributed by atoms with E-state index in [1.807, 2.05) is 0 Å². The van der Waals surface area contributed by atoms with Crippen LogP contribution in [0.1, 0.15) is 6.92 Å². The number of aliphatic carboxylic acids is 1. The van der Waals surface area contributed by atoms with Gasteiger partial charge in [-0.05, 0) is 0 Å². The minimum absolute atomic E-state index is 0.0940. The van der Waals surface area contributed by atoms with Crippen molar-refractivity contribution in [1.29, 1.82) is 5.26 Å². The van der Waals surface area contributed by atoms with E-state index < -0.39 is 5.97 Å². The van der Waals surface area contributed by atoms with Crippen molar-refractivity contribution in [2.24, 2.45) is 5.92 Å². The molecule has 3 nitrogen and oxygen atoms in total. The number of hydrogen-bond acceptors (Lipinski definition) is 2. The van der Waals surface area contributed by atoms with E-state index >= 15 is 0 Å². The summed E-state index contributed by atoms with van der Waals surface area (Å²) >= 11 is 0. The zero-order valence-corrected chi connectivity index (χ0v) is 6.24. The second-order valence-corrected chi connectivity index (χ2v) is 2.11. The van der Waals surface area contributed by atoms with Gasteiger partial charge in [-0.3, -0.25) is 0 Å². The molecule has 1 unspecified atom stereocenters. The lowest BCUT2D eigenvalue weighted by Crippen LogP contribution is -2.05. The minimum atomic E-state index is -1.03. The number of carboxylic acid groups (broad SMARTS) is 1. The molecule has 0 spiro atoms. The highest BCUT2D eigenvalue weighted by molar-refractivity contribution is 5.86. The van der Waals surface area contributed by atoms with E-state index in [2.05, 4.69) is 6.58 Å². The Kier molecular flexibility index (Phi) is 3.68.